The van der Waals surface area contributed by atoms with Crippen LogP contribution in [-0.4, -0.2) is 27.5 Å². The molecule has 0 spiro atoms. The van der Waals surface area contributed by atoms with E-state index in [0.29, 0.717) is 30.1 Å². The summed E-state index contributed by atoms with van der Waals surface area (Å²) in [7, 11) is 0. The number of rotatable bonds is 8. The molecule has 1 aliphatic rings. The molecule has 1 amide bonds. The third-order valence-electron chi connectivity index (χ3n) is 6.60. The summed E-state index contributed by atoms with van der Waals surface area (Å²) in [5.74, 6) is -0.0901. The molecule has 0 aliphatic carbocycles. The number of alkyl halides is 3. The van der Waals surface area contributed by atoms with Gasteiger partial charge in [-0.15, -0.1) is 0 Å². The second-order valence-corrected chi connectivity index (χ2v) is 10.1. The van der Waals surface area contributed by atoms with Crippen LogP contribution in [0.1, 0.15) is 70.7 Å². The molecule has 1 aromatic heterocycles. The van der Waals surface area contributed by atoms with Crippen molar-refractivity contribution in [1.82, 2.24) is 15.2 Å². The van der Waals surface area contributed by atoms with Gasteiger partial charge in [0.1, 0.15) is 0 Å². The lowest BCUT2D eigenvalue weighted by molar-refractivity contribution is -0.137. The molecule has 0 radical (unpaired) electrons. The molecule has 196 valence electrons. The molecule has 2 unspecified atom stereocenters. The normalized spacial score (nSPS) is 16.6. The van der Waals surface area contributed by atoms with Crippen molar-refractivity contribution in [1.29, 1.82) is 0 Å². The van der Waals surface area contributed by atoms with Crippen molar-refractivity contribution < 1.29 is 23.1 Å². The summed E-state index contributed by atoms with van der Waals surface area (Å²) in [6.45, 7) is 5.06. The van der Waals surface area contributed by atoms with Gasteiger partial charge in [-0.1, -0.05) is 49.7 Å². The third kappa shape index (κ3) is 6.32. The number of aliphatic hydroxyl groups excluding tert-OH is 1. The Balaban J connectivity index is 1.51. The maximum absolute atomic E-state index is 13.1. The second kappa shape index (κ2) is 11.2. The Labute approximate surface area is 219 Å². The zero-order chi connectivity index (χ0) is 26.7. The molecule has 2 N–H and O–H groups in total. The first-order valence-electron chi connectivity index (χ1n) is 12.1. The van der Waals surface area contributed by atoms with E-state index in [1.165, 1.54) is 12.1 Å². The molecule has 3 aromatic rings. The van der Waals surface area contributed by atoms with Gasteiger partial charge in [-0.25, -0.2) is 0 Å². The first-order valence-corrected chi connectivity index (χ1v) is 12.5. The Kier molecular flexibility index (Phi) is 8.21. The molecule has 5 nitrogen and oxygen atoms in total. The van der Waals surface area contributed by atoms with Crippen LogP contribution in [0.25, 0.3) is 0 Å². The molecular weight excluding hydrogens is 503 g/mol. The van der Waals surface area contributed by atoms with Gasteiger partial charge in [0.25, 0.3) is 5.91 Å². The number of carbonyl (C=O) groups is 1. The fourth-order valence-electron chi connectivity index (χ4n) is 4.84. The van der Waals surface area contributed by atoms with E-state index in [1.54, 1.807) is 18.3 Å². The van der Waals surface area contributed by atoms with Gasteiger partial charge in [0.2, 0.25) is 0 Å². The molecule has 0 bridgehead atoms. The number of hydrogen-bond acceptors (Lipinski definition) is 4. The number of nitrogens with zero attached hydrogens (tertiary/aromatic N) is 2. The number of carbonyl (C=O) groups excluding carboxylic acids is 1. The predicted molar refractivity (Wildman–Crippen MR) is 136 cm³/mol. The second-order valence-electron chi connectivity index (χ2n) is 9.65. The van der Waals surface area contributed by atoms with Crippen molar-refractivity contribution in [3.63, 3.8) is 0 Å². The van der Waals surface area contributed by atoms with E-state index in [9.17, 15) is 23.1 Å². The Morgan fingerprint density at radius 3 is 2.43 bits per heavy atom. The van der Waals surface area contributed by atoms with E-state index in [0.717, 1.165) is 34.5 Å². The maximum atomic E-state index is 13.1. The minimum Gasteiger partial charge on any atom is -0.396 e. The van der Waals surface area contributed by atoms with Crippen LogP contribution in [0.5, 0.6) is 0 Å². The van der Waals surface area contributed by atoms with Gasteiger partial charge >= 0.3 is 6.18 Å². The number of amides is 1. The fourth-order valence-corrected chi connectivity index (χ4v) is 4.97. The molecule has 2 atom stereocenters. The SMILES string of the molecule is CC(C)C1c2ncc(C(=O)NC(CCO)c3ccc(Cl)cc3)cc2CN1Cc1ccc(C(F)(F)F)cc1. The average Bonchev–Trinajstić information content (AvgIpc) is 3.21. The minimum absolute atomic E-state index is 0.0226. The van der Waals surface area contributed by atoms with Gasteiger partial charge in [0.05, 0.1) is 28.9 Å². The first-order chi connectivity index (χ1) is 17.6. The van der Waals surface area contributed by atoms with Crippen molar-refractivity contribution >= 4 is 17.5 Å². The van der Waals surface area contributed by atoms with E-state index in [-0.39, 0.29) is 30.5 Å². The van der Waals surface area contributed by atoms with Crippen LogP contribution in [0, 0.1) is 5.92 Å². The monoisotopic (exact) mass is 531 g/mol. The molecule has 0 fully saturated rings. The summed E-state index contributed by atoms with van der Waals surface area (Å²) < 4.78 is 38.8. The minimum atomic E-state index is -4.37. The van der Waals surface area contributed by atoms with Crippen molar-refractivity contribution in [2.45, 2.75) is 51.6 Å². The van der Waals surface area contributed by atoms with Gasteiger partial charge < -0.3 is 10.4 Å². The van der Waals surface area contributed by atoms with Crippen LogP contribution in [0.3, 0.4) is 0 Å². The molecule has 0 saturated heterocycles. The Bertz CT molecular complexity index is 1230. The smallest absolute Gasteiger partial charge is 0.396 e. The van der Waals surface area contributed by atoms with E-state index in [4.69, 9.17) is 11.6 Å². The summed E-state index contributed by atoms with van der Waals surface area (Å²) in [5.41, 5.74) is 3.15. The molecule has 4 rings (SSSR count). The highest BCUT2D eigenvalue weighted by atomic mass is 35.5. The molecule has 2 aromatic carbocycles. The van der Waals surface area contributed by atoms with Crippen LogP contribution in [-0.2, 0) is 19.3 Å². The first kappa shape index (κ1) is 27.1. The van der Waals surface area contributed by atoms with Gasteiger partial charge in [-0.2, -0.15) is 13.2 Å². The fraction of sp³-hybridized carbons (Fsp3) is 0.357. The Hall–Kier alpha value is -2.94. The summed E-state index contributed by atoms with van der Waals surface area (Å²) in [6, 6.07) is 13.8. The molecular formula is C28H29ClF3N3O2. The average molecular weight is 532 g/mol. The van der Waals surface area contributed by atoms with Crippen LogP contribution in [0.2, 0.25) is 5.02 Å². The number of nitrogens with one attached hydrogen (secondary N) is 1. The summed E-state index contributed by atoms with van der Waals surface area (Å²) in [4.78, 5) is 19.9. The number of aliphatic hydroxyl groups is 1. The number of fused-ring (bicyclic) bond motifs is 1. The number of pyridine rings is 1. The summed E-state index contributed by atoms with van der Waals surface area (Å²) in [6.07, 6.45) is -2.46. The van der Waals surface area contributed by atoms with E-state index >= 15 is 0 Å². The number of hydrogen-bond donors (Lipinski definition) is 2. The summed E-state index contributed by atoms with van der Waals surface area (Å²) in [5, 5.41) is 13.1. The van der Waals surface area contributed by atoms with Gasteiger partial charge in [-0.3, -0.25) is 14.7 Å². The third-order valence-corrected chi connectivity index (χ3v) is 6.86. The zero-order valence-electron chi connectivity index (χ0n) is 20.6. The largest absolute Gasteiger partial charge is 0.416 e. The lowest BCUT2D eigenvalue weighted by atomic mass is 9.99. The Morgan fingerprint density at radius 1 is 1.16 bits per heavy atom. The van der Waals surface area contributed by atoms with E-state index in [2.05, 4.69) is 29.0 Å². The van der Waals surface area contributed by atoms with Gasteiger partial charge in [0.15, 0.2) is 0 Å². The number of aromatic nitrogens is 1. The zero-order valence-corrected chi connectivity index (χ0v) is 21.4. The Morgan fingerprint density at radius 2 is 1.84 bits per heavy atom. The van der Waals surface area contributed by atoms with Crippen LogP contribution < -0.4 is 5.32 Å². The maximum Gasteiger partial charge on any atom is 0.416 e. The predicted octanol–water partition coefficient (Wildman–Crippen LogP) is 6.32. The topological polar surface area (TPSA) is 65.5 Å². The lowest BCUT2D eigenvalue weighted by Crippen LogP contribution is -2.29. The standard InChI is InChI=1S/C28H29ClF3N3O2/c1-17(2)26-25-21(16-35(26)15-18-3-7-22(8-4-18)28(30,31)32)13-20(14-33-25)27(37)34-24(11-12-36)19-5-9-23(29)10-6-19/h3-10,13-14,17,24,26,36H,11-12,15-16H2,1-2H3,(H,34,37). The molecule has 2 heterocycles. The molecule has 1 aliphatic heterocycles. The van der Waals surface area contributed by atoms with Crippen LogP contribution in [0.4, 0.5) is 13.2 Å². The van der Waals surface area contributed by atoms with E-state index < -0.39 is 11.7 Å². The highest BCUT2D eigenvalue weighted by Gasteiger charge is 2.35. The quantitative estimate of drug-likeness (QED) is 0.357. The molecule has 0 saturated carbocycles. The van der Waals surface area contributed by atoms with Crippen molar-refractivity contribution in [3.05, 3.63) is 99.3 Å². The summed E-state index contributed by atoms with van der Waals surface area (Å²) >= 11 is 5.98. The molecule has 37 heavy (non-hydrogen) atoms. The number of halogens is 4. The van der Waals surface area contributed by atoms with Gasteiger partial charge in [-0.05, 0) is 59.4 Å². The van der Waals surface area contributed by atoms with Crippen molar-refractivity contribution in [3.8, 4) is 0 Å². The lowest BCUT2D eigenvalue weighted by Gasteiger charge is -2.27. The highest BCUT2D eigenvalue weighted by Crippen LogP contribution is 2.39. The van der Waals surface area contributed by atoms with Crippen LogP contribution >= 0.6 is 11.6 Å². The van der Waals surface area contributed by atoms with Crippen LogP contribution in [0.15, 0.2) is 60.8 Å². The van der Waals surface area contributed by atoms with Crippen molar-refractivity contribution in [2.75, 3.05) is 6.61 Å². The van der Waals surface area contributed by atoms with E-state index in [1.807, 2.05) is 18.2 Å². The van der Waals surface area contributed by atoms with Crippen molar-refractivity contribution in [2.24, 2.45) is 5.92 Å². The van der Waals surface area contributed by atoms with Gasteiger partial charge in [0, 0.05) is 30.9 Å². The number of benzene rings is 2. The molecule has 9 heteroatoms. The highest BCUT2D eigenvalue weighted by molar-refractivity contribution is 6.30.